The summed E-state index contributed by atoms with van der Waals surface area (Å²) in [5.41, 5.74) is 9.23. The predicted molar refractivity (Wildman–Crippen MR) is 94.9 cm³/mol. The van der Waals surface area contributed by atoms with Gasteiger partial charge in [-0.25, -0.2) is 14.0 Å². The molecule has 4 N–H and O–H groups in total. The zero-order valence-corrected chi connectivity index (χ0v) is 13.9. The Morgan fingerprint density at radius 3 is 2.19 bits per heavy atom. The summed E-state index contributed by atoms with van der Waals surface area (Å²) in [6.45, 7) is 0.598. The van der Waals surface area contributed by atoms with Crippen LogP contribution in [0.2, 0.25) is 0 Å². The predicted octanol–water partition coefficient (Wildman–Crippen LogP) is 2.09. The highest BCUT2D eigenvalue weighted by Gasteiger charge is 2.22. The summed E-state index contributed by atoms with van der Waals surface area (Å²) in [5, 5.41) is 14.8. The quantitative estimate of drug-likeness (QED) is 0.727. The lowest BCUT2D eigenvalue weighted by molar-refractivity contribution is -0.159. The Hall–Kier alpha value is -3.06. The molecule has 7 heteroatoms. The number of hydrogen-bond donors (Lipinski definition) is 3. The first-order valence-corrected chi connectivity index (χ1v) is 8.01. The van der Waals surface area contributed by atoms with Crippen molar-refractivity contribution in [2.75, 3.05) is 6.54 Å². The Labute approximate surface area is 149 Å². The number of fused-ring (bicyclic) bond motifs is 1. The summed E-state index contributed by atoms with van der Waals surface area (Å²) in [6.07, 6.45) is 1.71. The van der Waals surface area contributed by atoms with E-state index in [9.17, 15) is 4.39 Å². The standard InChI is InChI=1S/C17H17FN2.C2H2O4/c18-16-8-4-3-7-15(16)17-14-6-2-1-5-12(14)11-13(20-17)9-10-19;3-1(4)2(5)6/h1-8,13H,9-11,19H2;(H,3,4)(H,5,6). The van der Waals surface area contributed by atoms with Gasteiger partial charge < -0.3 is 15.9 Å². The van der Waals surface area contributed by atoms with Crippen molar-refractivity contribution in [2.24, 2.45) is 10.7 Å². The summed E-state index contributed by atoms with van der Waals surface area (Å²) >= 11 is 0. The molecule has 3 rings (SSSR count). The van der Waals surface area contributed by atoms with Crippen molar-refractivity contribution in [3.8, 4) is 0 Å². The van der Waals surface area contributed by atoms with Crippen LogP contribution in [0.15, 0.2) is 53.5 Å². The minimum absolute atomic E-state index is 0.143. The van der Waals surface area contributed by atoms with Crippen LogP contribution in [0, 0.1) is 5.82 Å². The molecule has 2 aromatic rings. The molecule has 1 unspecified atom stereocenters. The van der Waals surface area contributed by atoms with Crippen molar-refractivity contribution >= 4 is 17.7 Å². The second kappa shape index (κ2) is 8.87. The van der Waals surface area contributed by atoms with Gasteiger partial charge in [0.15, 0.2) is 0 Å². The molecule has 0 bridgehead atoms. The molecule has 2 aromatic carbocycles. The van der Waals surface area contributed by atoms with Crippen molar-refractivity contribution in [2.45, 2.75) is 18.9 Å². The Kier molecular flexibility index (Phi) is 6.57. The highest BCUT2D eigenvalue weighted by atomic mass is 19.1. The van der Waals surface area contributed by atoms with E-state index in [4.69, 9.17) is 30.5 Å². The maximum absolute atomic E-state index is 14.1. The van der Waals surface area contributed by atoms with E-state index >= 15 is 0 Å². The second-order valence-electron chi connectivity index (χ2n) is 5.66. The van der Waals surface area contributed by atoms with Gasteiger partial charge in [-0.05, 0) is 37.1 Å². The molecule has 0 radical (unpaired) electrons. The molecule has 0 fully saturated rings. The largest absolute Gasteiger partial charge is 0.473 e. The van der Waals surface area contributed by atoms with E-state index in [0.29, 0.717) is 12.1 Å². The lowest BCUT2D eigenvalue weighted by Crippen LogP contribution is -2.24. The molecule has 1 aliphatic heterocycles. The number of nitrogens with two attached hydrogens (primary N) is 1. The fraction of sp³-hybridized carbons (Fsp3) is 0.211. The zero-order chi connectivity index (χ0) is 19.1. The highest BCUT2D eigenvalue weighted by molar-refractivity contribution is 6.27. The van der Waals surface area contributed by atoms with Crippen LogP contribution < -0.4 is 5.73 Å². The van der Waals surface area contributed by atoms with Gasteiger partial charge in [0.1, 0.15) is 5.82 Å². The SMILES string of the molecule is NCCC1Cc2ccccc2C(c2ccccc2F)=N1.O=C(O)C(=O)O. The van der Waals surface area contributed by atoms with E-state index in [2.05, 4.69) is 6.07 Å². The first kappa shape index (κ1) is 19.3. The normalized spacial score (nSPS) is 15.2. The van der Waals surface area contributed by atoms with Crippen molar-refractivity contribution < 1.29 is 24.2 Å². The first-order chi connectivity index (χ1) is 12.4. The summed E-state index contributed by atoms with van der Waals surface area (Å²) in [7, 11) is 0. The van der Waals surface area contributed by atoms with E-state index in [0.717, 1.165) is 24.1 Å². The van der Waals surface area contributed by atoms with Crippen molar-refractivity contribution in [1.82, 2.24) is 0 Å². The molecule has 0 aliphatic carbocycles. The van der Waals surface area contributed by atoms with Gasteiger partial charge in [-0.3, -0.25) is 4.99 Å². The molecule has 0 amide bonds. The van der Waals surface area contributed by atoms with Gasteiger partial charge >= 0.3 is 11.9 Å². The zero-order valence-electron chi connectivity index (χ0n) is 13.9. The Balaban J connectivity index is 0.000000352. The maximum Gasteiger partial charge on any atom is 0.414 e. The van der Waals surface area contributed by atoms with Crippen LogP contribution in [-0.2, 0) is 16.0 Å². The number of hydrogen-bond acceptors (Lipinski definition) is 4. The van der Waals surface area contributed by atoms with E-state index in [1.807, 2.05) is 24.3 Å². The molecule has 1 aliphatic rings. The third kappa shape index (κ3) is 4.73. The minimum Gasteiger partial charge on any atom is -0.473 e. The van der Waals surface area contributed by atoms with Crippen LogP contribution in [0.5, 0.6) is 0 Å². The lowest BCUT2D eigenvalue weighted by atomic mass is 9.89. The molecule has 0 aromatic heterocycles. The number of aliphatic imine (C=N–C) groups is 1. The number of benzene rings is 2. The van der Waals surface area contributed by atoms with Gasteiger partial charge in [0.25, 0.3) is 0 Å². The van der Waals surface area contributed by atoms with E-state index in [1.54, 1.807) is 12.1 Å². The first-order valence-electron chi connectivity index (χ1n) is 8.01. The number of aliphatic carboxylic acids is 2. The van der Waals surface area contributed by atoms with Crippen LogP contribution in [-0.4, -0.2) is 40.4 Å². The second-order valence-corrected chi connectivity index (χ2v) is 5.66. The smallest absolute Gasteiger partial charge is 0.414 e. The summed E-state index contributed by atoms with van der Waals surface area (Å²) in [5.74, 6) is -3.88. The van der Waals surface area contributed by atoms with Crippen molar-refractivity contribution in [1.29, 1.82) is 0 Å². The fourth-order valence-corrected chi connectivity index (χ4v) is 2.71. The lowest BCUT2D eigenvalue weighted by Gasteiger charge is -2.23. The Morgan fingerprint density at radius 1 is 1.04 bits per heavy atom. The van der Waals surface area contributed by atoms with Crippen LogP contribution in [0.1, 0.15) is 23.1 Å². The van der Waals surface area contributed by atoms with Crippen LogP contribution in [0.25, 0.3) is 0 Å². The topological polar surface area (TPSA) is 113 Å². The molecule has 1 heterocycles. The maximum atomic E-state index is 14.1. The molecule has 6 nitrogen and oxygen atoms in total. The number of carboxylic acid groups (broad SMARTS) is 2. The molecule has 26 heavy (non-hydrogen) atoms. The van der Waals surface area contributed by atoms with E-state index in [-0.39, 0.29) is 11.9 Å². The highest BCUT2D eigenvalue weighted by Crippen LogP contribution is 2.25. The van der Waals surface area contributed by atoms with Gasteiger partial charge in [0.05, 0.1) is 11.8 Å². The summed E-state index contributed by atoms with van der Waals surface area (Å²) < 4.78 is 14.1. The minimum atomic E-state index is -1.82. The molecule has 136 valence electrons. The number of carbonyl (C=O) groups is 2. The van der Waals surface area contributed by atoms with Gasteiger partial charge in [-0.15, -0.1) is 0 Å². The van der Waals surface area contributed by atoms with Gasteiger partial charge in [-0.1, -0.05) is 36.4 Å². The number of rotatable bonds is 3. The third-order valence-corrected chi connectivity index (χ3v) is 3.85. The molecule has 1 atom stereocenters. The van der Waals surface area contributed by atoms with Crippen LogP contribution in [0.4, 0.5) is 4.39 Å². The number of halogens is 1. The monoisotopic (exact) mass is 358 g/mol. The van der Waals surface area contributed by atoms with E-state index in [1.165, 1.54) is 11.6 Å². The van der Waals surface area contributed by atoms with Crippen LogP contribution >= 0.6 is 0 Å². The summed E-state index contributed by atoms with van der Waals surface area (Å²) in [6, 6.07) is 15.0. The summed E-state index contributed by atoms with van der Waals surface area (Å²) in [4.78, 5) is 22.9. The van der Waals surface area contributed by atoms with E-state index < -0.39 is 11.9 Å². The van der Waals surface area contributed by atoms with Crippen molar-refractivity contribution in [3.05, 3.63) is 71.0 Å². The van der Waals surface area contributed by atoms with Crippen molar-refractivity contribution in [3.63, 3.8) is 0 Å². The molecular weight excluding hydrogens is 339 g/mol. The third-order valence-electron chi connectivity index (χ3n) is 3.85. The number of carboxylic acids is 2. The van der Waals surface area contributed by atoms with Crippen LogP contribution in [0.3, 0.4) is 0 Å². The Bertz CT molecular complexity index is 824. The molecular formula is C19H19FN2O4. The molecule has 0 saturated carbocycles. The van der Waals surface area contributed by atoms with Gasteiger partial charge in [0, 0.05) is 11.1 Å². The number of nitrogens with zero attached hydrogens (tertiary/aromatic N) is 1. The molecule has 0 saturated heterocycles. The molecule has 0 spiro atoms. The average Bonchev–Trinajstić information content (AvgIpc) is 2.62. The van der Waals surface area contributed by atoms with Gasteiger partial charge in [-0.2, -0.15) is 0 Å². The average molecular weight is 358 g/mol. The Morgan fingerprint density at radius 2 is 1.62 bits per heavy atom. The fourth-order valence-electron chi connectivity index (χ4n) is 2.71. The van der Waals surface area contributed by atoms with Gasteiger partial charge in [0.2, 0.25) is 0 Å².